The topological polar surface area (TPSA) is 111 Å². The predicted octanol–water partition coefficient (Wildman–Crippen LogP) is 5.12. The second kappa shape index (κ2) is 38.2. The molecule has 0 saturated heterocycles. The minimum atomic E-state index is -0.130. The third-order valence-corrected chi connectivity index (χ3v) is 6.44. The molecule has 0 aromatic carbocycles. The standard InChI is InChI=1S/C32H64O10/c1-2-3-4-5-6-7-8-9-10-11-12-13-14-15-32(34)42-31-30-41-29-28-40-27-26-39-25-24-38-23-22-37-21-20-36-19-18-35-17-16-33/h33H,2-31H2,1H3. The van der Waals surface area contributed by atoms with Crippen molar-refractivity contribution in [1.82, 2.24) is 0 Å². The molecule has 252 valence electrons. The van der Waals surface area contributed by atoms with Crippen LogP contribution in [0.25, 0.3) is 0 Å². The zero-order valence-corrected chi connectivity index (χ0v) is 26.8. The SMILES string of the molecule is CCCCCCCCCCCCCCCC(=O)OCCOCCOCCOCCOCCOCCOCCOCCO. The number of carbonyl (C=O) groups excluding carboxylic acids is 1. The fraction of sp³-hybridized carbons (Fsp3) is 0.969. The monoisotopic (exact) mass is 608 g/mol. The van der Waals surface area contributed by atoms with E-state index >= 15 is 0 Å². The van der Waals surface area contributed by atoms with Crippen LogP contribution < -0.4 is 0 Å². The molecular formula is C32H64O10. The van der Waals surface area contributed by atoms with Crippen LogP contribution in [0.3, 0.4) is 0 Å². The van der Waals surface area contributed by atoms with Gasteiger partial charge in [-0.15, -0.1) is 0 Å². The van der Waals surface area contributed by atoms with E-state index in [9.17, 15) is 4.79 Å². The molecule has 42 heavy (non-hydrogen) atoms. The van der Waals surface area contributed by atoms with Crippen LogP contribution >= 0.6 is 0 Å². The molecule has 1 N–H and O–H groups in total. The van der Waals surface area contributed by atoms with Crippen molar-refractivity contribution < 1.29 is 47.8 Å². The summed E-state index contributed by atoms with van der Waals surface area (Å²) in [6.07, 6.45) is 17.4. The quantitative estimate of drug-likeness (QED) is 0.0754. The van der Waals surface area contributed by atoms with Gasteiger partial charge in [0.1, 0.15) is 6.61 Å². The molecule has 0 heterocycles. The normalized spacial score (nSPS) is 11.4. The maximum absolute atomic E-state index is 11.8. The Bertz CT molecular complexity index is 510. The Hall–Kier alpha value is -0.850. The summed E-state index contributed by atoms with van der Waals surface area (Å²) in [5, 5.41) is 8.57. The fourth-order valence-corrected chi connectivity index (χ4v) is 4.06. The van der Waals surface area contributed by atoms with Gasteiger partial charge in [-0.2, -0.15) is 0 Å². The van der Waals surface area contributed by atoms with E-state index in [0.717, 1.165) is 12.8 Å². The maximum Gasteiger partial charge on any atom is 0.305 e. The van der Waals surface area contributed by atoms with Crippen molar-refractivity contribution in [3.05, 3.63) is 0 Å². The first-order valence-electron chi connectivity index (χ1n) is 16.6. The Kier molecular flexibility index (Phi) is 37.4. The van der Waals surface area contributed by atoms with Gasteiger partial charge in [0.05, 0.1) is 99.1 Å². The van der Waals surface area contributed by atoms with Gasteiger partial charge >= 0.3 is 5.97 Å². The Morgan fingerprint density at radius 2 is 0.690 bits per heavy atom. The number of hydrogen-bond acceptors (Lipinski definition) is 10. The van der Waals surface area contributed by atoms with Crippen molar-refractivity contribution in [2.24, 2.45) is 0 Å². The van der Waals surface area contributed by atoms with E-state index in [4.69, 9.17) is 43.0 Å². The van der Waals surface area contributed by atoms with Crippen molar-refractivity contribution in [3.63, 3.8) is 0 Å². The predicted molar refractivity (Wildman–Crippen MR) is 164 cm³/mol. The molecule has 10 heteroatoms. The van der Waals surface area contributed by atoms with Crippen molar-refractivity contribution in [3.8, 4) is 0 Å². The van der Waals surface area contributed by atoms with Gasteiger partial charge in [-0.05, 0) is 6.42 Å². The van der Waals surface area contributed by atoms with E-state index in [0.29, 0.717) is 106 Å². The summed E-state index contributed by atoms with van der Waals surface area (Å²) in [4.78, 5) is 11.8. The summed E-state index contributed by atoms with van der Waals surface area (Å²) in [5.74, 6) is -0.130. The molecule has 0 radical (unpaired) electrons. The van der Waals surface area contributed by atoms with Crippen LogP contribution in [0.2, 0.25) is 0 Å². The van der Waals surface area contributed by atoms with Crippen LogP contribution in [0.15, 0.2) is 0 Å². The Labute approximate surface area is 256 Å². The highest BCUT2D eigenvalue weighted by atomic mass is 16.6. The van der Waals surface area contributed by atoms with Crippen molar-refractivity contribution in [2.45, 2.75) is 96.8 Å². The molecule has 0 spiro atoms. The molecule has 10 nitrogen and oxygen atoms in total. The number of hydrogen-bond donors (Lipinski definition) is 1. The summed E-state index contributed by atoms with van der Waals surface area (Å²) in [6.45, 7) is 9.22. The lowest BCUT2D eigenvalue weighted by atomic mass is 10.0. The largest absolute Gasteiger partial charge is 0.463 e. The van der Waals surface area contributed by atoms with E-state index < -0.39 is 0 Å². The molecule has 0 aromatic heterocycles. The van der Waals surface area contributed by atoms with E-state index in [1.54, 1.807) is 0 Å². The van der Waals surface area contributed by atoms with Gasteiger partial charge in [0, 0.05) is 6.42 Å². The summed E-state index contributed by atoms with van der Waals surface area (Å²) in [6, 6.07) is 0. The van der Waals surface area contributed by atoms with Gasteiger partial charge < -0.3 is 43.0 Å². The number of unbranched alkanes of at least 4 members (excludes halogenated alkanes) is 12. The van der Waals surface area contributed by atoms with E-state index in [1.165, 1.54) is 70.6 Å². The number of aliphatic hydroxyl groups excluding tert-OH is 1. The molecule has 0 saturated carbocycles. The molecule has 0 aliphatic heterocycles. The van der Waals surface area contributed by atoms with Gasteiger partial charge in [-0.25, -0.2) is 0 Å². The molecule has 0 aliphatic carbocycles. The average molecular weight is 609 g/mol. The van der Waals surface area contributed by atoms with Crippen molar-refractivity contribution >= 4 is 5.97 Å². The van der Waals surface area contributed by atoms with Crippen molar-refractivity contribution in [1.29, 1.82) is 0 Å². The van der Waals surface area contributed by atoms with Gasteiger partial charge in [-0.3, -0.25) is 4.79 Å². The first-order valence-corrected chi connectivity index (χ1v) is 16.6. The minimum Gasteiger partial charge on any atom is -0.463 e. The molecule has 0 rings (SSSR count). The van der Waals surface area contributed by atoms with Crippen LogP contribution in [0.5, 0.6) is 0 Å². The first kappa shape index (κ1) is 41.1. The highest BCUT2D eigenvalue weighted by Gasteiger charge is 2.03. The Balaban J connectivity index is 3.13. The van der Waals surface area contributed by atoms with Gasteiger partial charge in [-0.1, -0.05) is 84.0 Å². The molecule has 0 fully saturated rings. The van der Waals surface area contributed by atoms with Crippen LogP contribution in [0.1, 0.15) is 96.8 Å². The van der Waals surface area contributed by atoms with Crippen molar-refractivity contribution in [2.75, 3.05) is 106 Å². The number of esters is 1. The average Bonchev–Trinajstić information content (AvgIpc) is 3.00. The van der Waals surface area contributed by atoms with Crippen LogP contribution in [0, 0.1) is 0 Å². The van der Waals surface area contributed by atoms with E-state index in [1.807, 2.05) is 0 Å². The maximum atomic E-state index is 11.8. The molecule has 0 unspecified atom stereocenters. The first-order chi connectivity index (χ1) is 20.8. The van der Waals surface area contributed by atoms with Gasteiger partial charge in [0.2, 0.25) is 0 Å². The van der Waals surface area contributed by atoms with Crippen LogP contribution in [-0.4, -0.2) is 117 Å². The second-order valence-corrected chi connectivity index (χ2v) is 10.2. The molecule has 0 amide bonds. The Morgan fingerprint density at radius 1 is 0.405 bits per heavy atom. The number of carbonyl (C=O) groups is 1. The summed E-state index contributed by atoms with van der Waals surface area (Å²) >= 11 is 0. The van der Waals surface area contributed by atoms with E-state index in [-0.39, 0.29) is 12.6 Å². The third-order valence-electron chi connectivity index (χ3n) is 6.44. The van der Waals surface area contributed by atoms with Gasteiger partial charge in [0.15, 0.2) is 0 Å². The zero-order valence-electron chi connectivity index (χ0n) is 26.8. The van der Waals surface area contributed by atoms with Crippen LogP contribution in [-0.2, 0) is 42.7 Å². The van der Waals surface area contributed by atoms with E-state index in [2.05, 4.69) is 6.92 Å². The number of rotatable bonds is 37. The molecule has 0 aromatic rings. The molecule has 0 aliphatic rings. The lowest BCUT2D eigenvalue weighted by Gasteiger charge is -2.08. The number of ether oxygens (including phenoxy) is 8. The van der Waals surface area contributed by atoms with Crippen LogP contribution in [0.4, 0.5) is 0 Å². The minimum absolute atomic E-state index is 0.0269. The zero-order chi connectivity index (χ0) is 30.4. The van der Waals surface area contributed by atoms with Gasteiger partial charge in [0.25, 0.3) is 0 Å². The Morgan fingerprint density at radius 3 is 1.02 bits per heavy atom. The molecular weight excluding hydrogens is 544 g/mol. The summed E-state index contributed by atoms with van der Waals surface area (Å²) in [7, 11) is 0. The summed E-state index contributed by atoms with van der Waals surface area (Å²) < 4.78 is 42.8. The lowest BCUT2D eigenvalue weighted by Crippen LogP contribution is -2.15. The summed E-state index contributed by atoms with van der Waals surface area (Å²) in [5.41, 5.74) is 0. The highest BCUT2D eigenvalue weighted by molar-refractivity contribution is 5.69. The second-order valence-electron chi connectivity index (χ2n) is 10.2. The third kappa shape index (κ3) is 37.2. The molecule has 0 atom stereocenters. The lowest BCUT2D eigenvalue weighted by molar-refractivity contribution is -0.145. The molecule has 0 bridgehead atoms. The fourth-order valence-electron chi connectivity index (χ4n) is 4.06. The number of aliphatic hydroxyl groups is 1. The smallest absolute Gasteiger partial charge is 0.305 e. The highest BCUT2D eigenvalue weighted by Crippen LogP contribution is 2.13.